The Balaban J connectivity index is 1.77. The van der Waals surface area contributed by atoms with Crippen LogP contribution in [0.25, 0.3) is 28.1 Å². The molecule has 25 heavy (non-hydrogen) atoms. The number of hydrogen-bond donors (Lipinski definition) is 2. The monoisotopic (exact) mass is 331 g/mol. The number of aromatic amines is 1. The summed E-state index contributed by atoms with van der Waals surface area (Å²) in [5, 5.41) is 9.26. The molecule has 2 N–H and O–H groups in total. The smallest absolute Gasteiger partial charge is 0.337 e. The Hall–Kier alpha value is -3.67. The first-order chi connectivity index (χ1) is 12.1. The van der Waals surface area contributed by atoms with E-state index in [1.54, 1.807) is 35.0 Å². The van der Waals surface area contributed by atoms with Crippen molar-refractivity contribution in [3.63, 3.8) is 0 Å². The maximum atomic E-state index is 11.9. The van der Waals surface area contributed by atoms with Crippen LogP contribution in [0, 0.1) is 0 Å². The van der Waals surface area contributed by atoms with E-state index in [1.807, 2.05) is 24.3 Å². The summed E-state index contributed by atoms with van der Waals surface area (Å²) in [6.45, 7) is 0. The average molecular weight is 331 g/mol. The first-order valence-electron chi connectivity index (χ1n) is 7.64. The van der Waals surface area contributed by atoms with Crippen LogP contribution >= 0.6 is 0 Å². The summed E-state index contributed by atoms with van der Waals surface area (Å²) < 4.78 is 1.55. The number of para-hydroxylation sites is 1. The van der Waals surface area contributed by atoms with Gasteiger partial charge in [-0.1, -0.05) is 12.1 Å². The van der Waals surface area contributed by atoms with Crippen LogP contribution in [-0.4, -0.2) is 25.6 Å². The zero-order valence-electron chi connectivity index (χ0n) is 13.0. The van der Waals surface area contributed by atoms with Crippen molar-refractivity contribution in [3.05, 3.63) is 82.8 Å². The largest absolute Gasteiger partial charge is 0.478 e. The maximum absolute atomic E-state index is 11.9. The van der Waals surface area contributed by atoms with Gasteiger partial charge in [-0.3, -0.25) is 9.36 Å². The van der Waals surface area contributed by atoms with E-state index < -0.39 is 5.97 Å². The summed E-state index contributed by atoms with van der Waals surface area (Å²) in [5.41, 5.74) is 2.70. The van der Waals surface area contributed by atoms with Crippen molar-refractivity contribution in [1.82, 2.24) is 14.5 Å². The van der Waals surface area contributed by atoms with Crippen molar-refractivity contribution < 1.29 is 9.90 Å². The molecule has 4 aromatic rings. The van der Waals surface area contributed by atoms with Gasteiger partial charge in [-0.25, -0.2) is 9.78 Å². The van der Waals surface area contributed by atoms with Crippen molar-refractivity contribution in [2.24, 2.45) is 0 Å². The number of benzene rings is 2. The van der Waals surface area contributed by atoms with Crippen LogP contribution in [0.15, 0.2) is 71.7 Å². The number of imidazole rings is 1. The lowest BCUT2D eigenvalue weighted by atomic mass is 10.2. The van der Waals surface area contributed by atoms with Gasteiger partial charge in [0.25, 0.3) is 5.56 Å². The molecule has 2 heterocycles. The Morgan fingerprint density at radius 2 is 1.80 bits per heavy atom. The van der Waals surface area contributed by atoms with Gasteiger partial charge in [-0.05, 0) is 42.5 Å². The van der Waals surface area contributed by atoms with Crippen LogP contribution in [0.5, 0.6) is 0 Å². The van der Waals surface area contributed by atoms with E-state index >= 15 is 0 Å². The Morgan fingerprint density at radius 1 is 1.00 bits per heavy atom. The van der Waals surface area contributed by atoms with Crippen molar-refractivity contribution in [3.8, 4) is 17.1 Å². The second kappa shape index (κ2) is 5.76. The minimum Gasteiger partial charge on any atom is -0.478 e. The van der Waals surface area contributed by atoms with E-state index in [1.165, 1.54) is 12.1 Å². The van der Waals surface area contributed by atoms with Gasteiger partial charge < -0.3 is 10.1 Å². The molecule has 4 rings (SSSR count). The van der Waals surface area contributed by atoms with E-state index in [0.717, 1.165) is 11.3 Å². The third-order valence-corrected chi connectivity index (χ3v) is 3.98. The average Bonchev–Trinajstić information content (AvgIpc) is 3.06. The van der Waals surface area contributed by atoms with Gasteiger partial charge in [0.1, 0.15) is 11.3 Å². The van der Waals surface area contributed by atoms with Crippen LogP contribution < -0.4 is 5.56 Å². The minimum atomic E-state index is -1.01. The molecule has 2 aromatic heterocycles. The minimum absolute atomic E-state index is 0.106. The Bertz CT molecular complexity index is 1140. The second-order valence-corrected chi connectivity index (χ2v) is 5.55. The van der Waals surface area contributed by atoms with E-state index in [9.17, 15) is 14.7 Å². The number of pyridine rings is 1. The van der Waals surface area contributed by atoms with Gasteiger partial charge in [0.05, 0.1) is 11.1 Å². The summed E-state index contributed by atoms with van der Waals surface area (Å²) in [6.07, 6.45) is 1.71. The van der Waals surface area contributed by atoms with Gasteiger partial charge in [0.2, 0.25) is 0 Å². The van der Waals surface area contributed by atoms with Crippen molar-refractivity contribution in [2.45, 2.75) is 0 Å². The fourth-order valence-corrected chi connectivity index (χ4v) is 2.76. The summed E-state index contributed by atoms with van der Waals surface area (Å²) in [4.78, 5) is 30.7. The first-order valence-corrected chi connectivity index (χ1v) is 7.64. The molecule has 0 bridgehead atoms. The van der Waals surface area contributed by atoms with E-state index in [4.69, 9.17) is 0 Å². The molecule has 6 heteroatoms. The molecule has 6 nitrogen and oxygen atoms in total. The predicted octanol–water partition coefficient (Wildman–Crippen LogP) is 3.08. The molecule has 2 aromatic carbocycles. The van der Waals surface area contributed by atoms with Crippen LogP contribution in [0.3, 0.4) is 0 Å². The zero-order chi connectivity index (χ0) is 17.4. The molecule has 0 aliphatic carbocycles. The highest BCUT2D eigenvalue weighted by atomic mass is 16.4. The Morgan fingerprint density at radius 3 is 2.52 bits per heavy atom. The van der Waals surface area contributed by atoms with E-state index in [0.29, 0.717) is 16.9 Å². The molecule has 0 radical (unpaired) electrons. The van der Waals surface area contributed by atoms with Crippen molar-refractivity contribution >= 4 is 17.0 Å². The first kappa shape index (κ1) is 14.9. The van der Waals surface area contributed by atoms with Gasteiger partial charge in [-0.2, -0.15) is 0 Å². The normalized spacial score (nSPS) is 10.9. The lowest BCUT2D eigenvalue weighted by molar-refractivity contribution is 0.0699. The lowest BCUT2D eigenvalue weighted by Gasteiger charge is -2.05. The number of nitrogens with zero attached hydrogens (tertiary/aromatic N) is 2. The SMILES string of the molecule is O=C(O)c1cccc2[nH]c(-c3ccc(-n4ccccc4=O)cc3)nc12. The molecule has 0 unspecified atom stereocenters. The number of fused-ring (bicyclic) bond motifs is 1. The van der Waals surface area contributed by atoms with Gasteiger partial charge in [-0.15, -0.1) is 0 Å². The molecule has 0 fully saturated rings. The highest BCUT2D eigenvalue weighted by molar-refractivity contribution is 6.01. The molecular weight excluding hydrogens is 318 g/mol. The van der Waals surface area contributed by atoms with Gasteiger partial charge in [0.15, 0.2) is 0 Å². The maximum Gasteiger partial charge on any atom is 0.337 e. The third kappa shape index (κ3) is 2.59. The van der Waals surface area contributed by atoms with Crippen molar-refractivity contribution in [1.29, 1.82) is 0 Å². The molecule has 0 spiro atoms. The number of aromatic nitrogens is 3. The molecule has 0 amide bonds. The number of H-pyrrole nitrogens is 1. The summed E-state index contributed by atoms with van der Waals surface area (Å²) in [6, 6.07) is 17.3. The summed E-state index contributed by atoms with van der Waals surface area (Å²) >= 11 is 0. The number of aromatic carboxylic acids is 1. The Kier molecular flexibility index (Phi) is 3.43. The van der Waals surface area contributed by atoms with E-state index in [-0.39, 0.29) is 11.1 Å². The number of carbonyl (C=O) groups is 1. The summed E-state index contributed by atoms with van der Waals surface area (Å²) in [7, 11) is 0. The molecular formula is C19H13N3O3. The molecule has 0 aliphatic rings. The van der Waals surface area contributed by atoms with Crippen molar-refractivity contribution in [2.75, 3.05) is 0 Å². The van der Waals surface area contributed by atoms with Crippen LogP contribution in [0.2, 0.25) is 0 Å². The highest BCUT2D eigenvalue weighted by Gasteiger charge is 2.13. The zero-order valence-corrected chi connectivity index (χ0v) is 13.0. The quantitative estimate of drug-likeness (QED) is 0.604. The lowest BCUT2D eigenvalue weighted by Crippen LogP contribution is -2.15. The number of carboxylic acids is 1. The highest BCUT2D eigenvalue weighted by Crippen LogP contribution is 2.23. The number of nitrogens with one attached hydrogen (secondary N) is 1. The van der Waals surface area contributed by atoms with Crippen LogP contribution in [0.1, 0.15) is 10.4 Å². The van der Waals surface area contributed by atoms with E-state index in [2.05, 4.69) is 9.97 Å². The number of hydrogen-bond acceptors (Lipinski definition) is 3. The number of carboxylic acid groups (broad SMARTS) is 1. The Labute approximate surface area is 142 Å². The van der Waals surface area contributed by atoms with Crippen LogP contribution in [-0.2, 0) is 0 Å². The fourth-order valence-electron chi connectivity index (χ4n) is 2.76. The fraction of sp³-hybridized carbons (Fsp3) is 0. The predicted molar refractivity (Wildman–Crippen MR) is 94.1 cm³/mol. The molecule has 0 atom stereocenters. The molecule has 0 saturated heterocycles. The van der Waals surface area contributed by atoms with Crippen LogP contribution in [0.4, 0.5) is 0 Å². The van der Waals surface area contributed by atoms with Gasteiger partial charge >= 0.3 is 5.97 Å². The molecule has 0 aliphatic heterocycles. The molecule has 122 valence electrons. The summed E-state index contributed by atoms with van der Waals surface area (Å²) in [5.74, 6) is -0.432. The third-order valence-electron chi connectivity index (χ3n) is 3.98. The standard InChI is InChI=1S/C19H13N3O3/c23-16-6-1-2-11-22(16)13-9-7-12(8-10-13)18-20-15-5-3-4-14(19(24)25)17(15)21-18/h1-11H,(H,20,21)(H,24,25). The second-order valence-electron chi connectivity index (χ2n) is 5.55. The topological polar surface area (TPSA) is 88.0 Å². The number of rotatable bonds is 3. The molecule has 0 saturated carbocycles. The van der Waals surface area contributed by atoms with Gasteiger partial charge in [0, 0.05) is 23.5 Å².